The Bertz CT molecular complexity index is 753. The molecule has 1 amide bonds. The Labute approximate surface area is 141 Å². The highest BCUT2D eigenvalue weighted by atomic mass is 79.9. The lowest BCUT2D eigenvalue weighted by Crippen LogP contribution is -2.23. The first-order chi connectivity index (χ1) is 10.8. The molecule has 0 unspecified atom stereocenters. The number of hydrogen-bond acceptors (Lipinski definition) is 3. The molecule has 0 bridgehead atoms. The molecule has 0 aliphatic heterocycles. The molecular weight excluding hydrogens is 370 g/mol. The van der Waals surface area contributed by atoms with Crippen LogP contribution in [0.3, 0.4) is 0 Å². The Balaban J connectivity index is 2.36. The molecule has 2 aromatic rings. The highest BCUT2D eigenvalue weighted by Crippen LogP contribution is 2.28. The van der Waals surface area contributed by atoms with E-state index in [1.165, 1.54) is 25.3 Å². The summed E-state index contributed by atoms with van der Waals surface area (Å²) in [5.41, 5.74) is 6.02. The van der Waals surface area contributed by atoms with Crippen LogP contribution in [-0.2, 0) is 6.54 Å². The molecule has 0 aliphatic carbocycles. The SMILES string of the molecule is COc1ccc(CN(C)c2cc(Br)cc(F)c2C(N)=O)cc1F. The zero-order chi connectivity index (χ0) is 17.1. The van der Waals surface area contributed by atoms with Crippen molar-refractivity contribution in [3.05, 3.63) is 57.6 Å². The van der Waals surface area contributed by atoms with Crippen LogP contribution in [0.1, 0.15) is 15.9 Å². The first-order valence-corrected chi connectivity index (χ1v) is 7.45. The molecule has 0 radical (unpaired) electrons. The standard InChI is InChI=1S/C16H15BrF2N2O2/c1-21(8-9-3-4-14(23-2)11(18)5-9)13-7-10(17)6-12(19)15(13)16(20)22/h3-7H,8H2,1-2H3,(H2,20,22). The lowest BCUT2D eigenvalue weighted by molar-refractivity contribution is 0.0997. The van der Waals surface area contributed by atoms with Crippen LogP contribution >= 0.6 is 15.9 Å². The summed E-state index contributed by atoms with van der Waals surface area (Å²) in [6.45, 7) is 0.261. The van der Waals surface area contributed by atoms with Crippen molar-refractivity contribution in [2.24, 2.45) is 5.73 Å². The summed E-state index contributed by atoms with van der Waals surface area (Å²) in [6, 6.07) is 7.28. The first-order valence-electron chi connectivity index (χ1n) is 6.66. The molecule has 4 nitrogen and oxygen atoms in total. The van der Waals surface area contributed by atoms with Gasteiger partial charge in [0.05, 0.1) is 18.4 Å². The molecule has 0 atom stereocenters. The van der Waals surface area contributed by atoms with Crippen LogP contribution in [0.2, 0.25) is 0 Å². The summed E-state index contributed by atoms with van der Waals surface area (Å²) in [5, 5.41) is 0. The summed E-state index contributed by atoms with van der Waals surface area (Å²) >= 11 is 3.19. The van der Waals surface area contributed by atoms with Gasteiger partial charge in [-0.3, -0.25) is 4.79 Å². The molecule has 0 aromatic heterocycles. The van der Waals surface area contributed by atoms with Gasteiger partial charge in [-0.15, -0.1) is 0 Å². The van der Waals surface area contributed by atoms with E-state index in [9.17, 15) is 13.6 Å². The average Bonchev–Trinajstić information content (AvgIpc) is 2.46. The van der Waals surface area contributed by atoms with Gasteiger partial charge in [-0.05, 0) is 29.8 Å². The molecule has 0 saturated carbocycles. The van der Waals surface area contributed by atoms with Crippen LogP contribution in [0.15, 0.2) is 34.8 Å². The van der Waals surface area contributed by atoms with E-state index >= 15 is 0 Å². The van der Waals surface area contributed by atoms with Crippen molar-refractivity contribution in [2.75, 3.05) is 19.1 Å². The molecule has 2 N–H and O–H groups in total. The Morgan fingerprint density at radius 1 is 1.26 bits per heavy atom. The molecule has 0 saturated heterocycles. The number of benzene rings is 2. The van der Waals surface area contributed by atoms with Crippen molar-refractivity contribution < 1.29 is 18.3 Å². The molecule has 2 aromatic carbocycles. The molecule has 7 heteroatoms. The Morgan fingerprint density at radius 2 is 1.96 bits per heavy atom. The van der Waals surface area contributed by atoms with Gasteiger partial charge in [0.1, 0.15) is 5.82 Å². The quantitative estimate of drug-likeness (QED) is 0.858. The van der Waals surface area contributed by atoms with E-state index in [-0.39, 0.29) is 17.9 Å². The first kappa shape index (κ1) is 17.2. The van der Waals surface area contributed by atoms with Crippen molar-refractivity contribution in [3.63, 3.8) is 0 Å². The summed E-state index contributed by atoms with van der Waals surface area (Å²) in [6.07, 6.45) is 0. The number of halogens is 3. The number of carbonyl (C=O) groups is 1. The summed E-state index contributed by atoms with van der Waals surface area (Å²) in [4.78, 5) is 13.1. The van der Waals surface area contributed by atoms with Gasteiger partial charge < -0.3 is 15.4 Å². The Kier molecular flexibility index (Phi) is 5.20. The third kappa shape index (κ3) is 3.79. The smallest absolute Gasteiger partial charge is 0.253 e. The van der Waals surface area contributed by atoms with E-state index in [2.05, 4.69) is 15.9 Å². The van der Waals surface area contributed by atoms with Gasteiger partial charge in [0.25, 0.3) is 5.91 Å². The number of amides is 1. The van der Waals surface area contributed by atoms with Gasteiger partial charge in [0.2, 0.25) is 0 Å². The van der Waals surface area contributed by atoms with E-state index in [1.807, 2.05) is 0 Å². The number of hydrogen-bond donors (Lipinski definition) is 1. The lowest BCUT2D eigenvalue weighted by atomic mass is 10.1. The summed E-state index contributed by atoms with van der Waals surface area (Å²) < 4.78 is 33.1. The van der Waals surface area contributed by atoms with Crippen molar-refractivity contribution in [3.8, 4) is 5.75 Å². The highest BCUT2D eigenvalue weighted by Gasteiger charge is 2.19. The van der Waals surface area contributed by atoms with Crippen molar-refractivity contribution in [1.82, 2.24) is 0 Å². The zero-order valence-electron chi connectivity index (χ0n) is 12.6. The minimum absolute atomic E-state index is 0.141. The number of nitrogens with two attached hydrogens (primary N) is 1. The second kappa shape index (κ2) is 6.95. The third-order valence-corrected chi connectivity index (χ3v) is 3.79. The predicted octanol–water partition coefficient (Wildman–Crippen LogP) is 3.47. The summed E-state index contributed by atoms with van der Waals surface area (Å²) in [7, 11) is 3.05. The second-order valence-corrected chi connectivity index (χ2v) is 5.89. The minimum Gasteiger partial charge on any atom is -0.494 e. The monoisotopic (exact) mass is 384 g/mol. The average molecular weight is 385 g/mol. The van der Waals surface area contributed by atoms with Crippen LogP contribution in [-0.4, -0.2) is 20.1 Å². The Morgan fingerprint density at radius 3 is 2.52 bits per heavy atom. The van der Waals surface area contributed by atoms with Gasteiger partial charge >= 0.3 is 0 Å². The largest absolute Gasteiger partial charge is 0.494 e. The number of nitrogens with zero attached hydrogens (tertiary/aromatic N) is 1. The number of ether oxygens (including phenoxy) is 1. The number of carbonyl (C=O) groups excluding carboxylic acids is 1. The number of primary amides is 1. The molecule has 2 rings (SSSR count). The maximum atomic E-state index is 14.0. The van der Waals surface area contributed by atoms with Crippen molar-refractivity contribution >= 4 is 27.5 Å². The lowest BCUT2D eigenvalue weighted by Gasteiger charge is -2.22. The topological polar surface area (TPSA) is 55.6 Å². The predicted molar refractivity (Wildman–Crippen MR) is 87.7 cm³/mol. The van der Waals surface area contributed by atoms with Crippen LogP contribution in [0, 0.1) is 11.6 Å². The zero-order valence-corrected chi connectivity index (χ0v) is 14.2. The number of methoxy groups -OCH3 is 1. The van der Waals surface area contributed by atoms with E-state index in [0.29, 0.717) is 15.7 Å². The van der Waals surface area contributed by atoms with Gasteiger partial charge in [-0.25, -0.2) is 8.78 Å². The van der Waals surface area contributed by atoms with Crippen LogP contribution in [0.4, 0.5) is 14.5 Å². The molecule has 0 spiro atoms. The summed E-state index contributed by atoms with van der Waals surface area (Å²) in [5.74, 6) is -1.93. The molecule has 122 valence electrons. The van der Waals surface area contributed by atoms with E-state index in [4.69, 9.17) is 10.5 Å². The maximum Gasteiger partial charge on any atom is 0.253 e. The molecule has 0 aliphatic rings. The maximum absolute atomic E-state index is 14.0. The van der Waals surface area contributed by atoms with E-state index in [0.717, 1.165) is 0 Å². The minimum atomic E-state index is -0.863. The molecule has 23 heavy (non-hydrogen) atoms. The second-order valence-electron chi connectivity index (χ2n) is 4.97. The highest BCUT2D eigenvalue weighted by molar-refractivity contribution is 9.10. The van der Waals surface area contributed by atoms with Gasteiger partial charge in [-0.1, -0.05) is 22.0 Å². The van der Waals surface area contributed by atoms with Crippen LogP contribution < -0.4 is 15.4 Å². The molecule has 0 heterocycles. The fourth-order valence-electron chi connectivity index (χ4n) is 2.27. The van der Waals surface area contributed by atoms with Gasteiger partial charge in [-0.2, -0.15) is 0 Å². The molecular formula is C16H15BrF2N2O2. The molecule has 0 fully saturated rings. The van der Waals surface area contributed by atoms with Crippen LogP contribution in [0.5, 0.6) is 5.75 Å². The van der Waals surface area contributed by atoms with Gasteiger partial charge in [0.15, 0.2) is 11.6 Å². The van der Waals surface area contributed by atoms with Gasteiger partial charge in [0, 0.05) is 18.1 Å². The Hall–Kier alpha value is -2.15. The van der Waals surface area contributed by atoms with Crippen LogP contribution in [0.25, 0.3) is 0 Å². The third-order valence-electron chi connectivity index (χ3n) is 3.33. The normalized spacial score (nSPS) is 10.5. The van der Waals surface area contributed by atoms with E-state index in [1.54, 1.807) is 24.1 Å². The number of rotatable bonds is 5. The fourth-order valence-corrected chi connectivity index (χ4v) is 2.69. The van der Waals surface area contributed by atoms with Crippen molar-refractivity contribution in [1.29, 1.82) is 0 Å². The van der Waals surface area contributed by atoms with Crippen molar-refractivity contribution in [2.45, 2.75) is 6.54 Å². The fraction of sp³-hybridized carbons (Fsp3) is 0.188. The number of anilines is 1. The van der Waals surface area contributed by atoms with E-state index < -0.39 is 17.5 Å².